The Balaban J connectivity index is 1.79. The number of nitrogens with one attached hydrogen (secondary N) is 3. The summed E-state index contributed by atoms with van der Waals surface area (Å²) in [7, 11) is 0. The molecule has 0 saturated heterocycles. The lowest BCUT2D eigenvalue weighted by atomic mass is 10.2. The number of hydrogen-bond donors (Lipinski definition) is 3. The standard InChI is InChI=1S/C18H16ClN3O2/c1-13(23)21-16-8-4-14(5-9-16)3-2-12-20-18(24)22-17-10-6-15(19)7-11-17/h4-11H,12H2,1H3,(H,21,23)(H2,20,22,24). The second kappa shape index (κ2) is 8.61. The van der Waals surface area contributed by atoms with E-state index in [1.54, 1.807) is 48.5 Å². The maximum absolute atomic E-state index is 11.7. The van der Waals surface area contributed by atoms with Crippen molar-refractivity contribution in [3.05, 3.63) is 59.1 Å². The molecule has 0 aliphatic rings. The Labute approximate surface area is 145 Å². The van der Waals surface area contributed by atoms with Crippen molar-refractivity contribution in [1.29, 1.82) is 0 Å². The zero-order valence-electron chi connectivity index (χ0n) is 13.0. The highest BCUT2D eigenvalue weighted by Crippen LogP contribution is 2.13. The summed E-state index contributed by atoms with van der Waals surface area (Å²) < 4.78 is 0. The van der Waals surface area contributed by atoms with Crippen molar-refractivity contribution in [3.8, 4) is 11.8 Å². The minimum atomic E-state index is -0.340. The van der Waals surface area contributed by atoms with Crippen molar-refractivity contribution in [2.24, 2.45) is 0 Å². The smallest absolute Gasteiger partial charge is 0.319 e. The van der Waals surface area contributed by atoms with Gasteiger partial charge in [0.25, 0.3) is 0 Å². The number of carbonyl (C=O) groups is 2. The highest BCUT2D eigenvalue weighted by atomic mass is 35.5. The minimum absolute atomic E-state index is 0.121. The van der Waals surface area contributed by atoms with Crippen molar-refractivity contribution in [2.45, 2.75) is 6.92 Å². The largest absolute Gasteiger partial charge is 0.327 e. The molecule has 6 heteroatoms. The van der Waals surface area contributed by atoms with Gasteiger partial charge in [0.1, 0.15) is 0 Å². The second-order valence-corrected chi connectivity index (χ2v) is 5.31. The lowest BCUT2D eigenvalue weighted by molar-refractivity contribution is -0.114. The van der Waals surface area contributed by atoms with Gasteiger partial charge in [-0.1, -0.05) is 23.4 Å². The fourth-order valence-corrected chi connectivity index (χ4v) is 1.95. The Morgan fingerprint density at radius 2 is 1.54 bits per heavy atom. The number of urea groups is 1. The molecule has 0 atom stereocenters. The van der Waals surface area contributed by atoms with Crippen LogP contribution < -0.4 is 16.0 Å². The van der Waals surface area contributed by atoms with E-state index in [0.29, 0.717) is 16.4 Å². The first kappa shape index (κ1) is 17.4. The summed E-state index contributed by atoms with van der Waals surface area (Å²) in [5.74, 6) is 5.67. The van der Waals surface area contributed by atoms with Crippen LogP contribution in [-0.2, 0) is 4.79 Å². The van der Waals surface area contributed by atoms with E-state index in [9.17, 15) is 9.59 Å². The van der Waals surface area contributed by atoms with Crippen LogP contribution in [0.3, 0.4) is 0 Å². The number of carbonyl (C=O) groups excluding carboxylic acids is 2. The molecule has 0 aliphatic carbocycles. The number of hydrogen-bond acceptors (Lipinski definition) is 2. The topological polar surface area (TPSA) is 70.2 Å². The molecule has 5 nitrogen and oxygen atoms in total. The number of rotatable bonds is 3. The molecule has 0 fully saturated rings. The van der Waals surface area contributed by atoms with Gasteiger partial charge in [0.2, 0.25) is 5.91 Å². The van der Waals surface area contributed by atoms with Crippen LogP contribution in [0.5, 0.6) is 0 Å². The van der Waals surface area contributed by atoms with Crippen molar-refractivity contribution in [2.75, 3.05) is 17.2 Å². The van der Waals surface area contributed by atoms with Crippen molar-refractivity contribution >= 4 is 34.9 Å². The van der Waals surface area contributed by atoms with Gasteiger partial charge < -0.3 is 16.0 Å². The first-order valence-electron chi connectivity index (χ1n) is 7.20. The van der Waals surface area contributed by atoms with E-state index < -0.39 is 0 Å². The molecule has 24 heavy (non-hydrogen) atoms. The predicted molar refractivity (Wildman–Crippen MR) is 96.1 cm³/mol. The van der Waals surface area contributed by atoms with Gasteiger partial charge >= 0.3 is 6.03 Å². The van der Waals surface area contributed by atoms with Crippen LogP contribution in [-0.4, -0.2) is 18.5 Å². The van der Waals surface area contributed by atoms with Crippen LogP contribution in [0.4, 0.5) is 16.2 Å². The fourth-order valence-electron chi connectivity index (χ4n) is 1.82. The summed E-state index contributed by atoms with van der Waals surface area (Å²) in [6, 6.07) is 13.6. The van der Waals surface area contributed by atoms with Crippen LogP contribution >= 0.6 is 11.6 Å². The number of benzene rings is 2. The molecule has 2 aromatic carbocycles. The Hall–Kier alpha value is -2.97. The van der Waals surface area contributed by atoms with E-state index >= 15 is 0 Å². The highest BCUT2D eigenvalue weighted by molar-refractivity contribution is 6.30. The highest BCUT2D eigenvalue weighted by Gasteiger charge is 1.99. The zero-order valence-corrected chi connectivity index (χ0v) is 13.8. The monoisotopic (exact) mass is 341 g/mol. The molecular weight excluding hydrogens is 326 g/mol. The van der Waals surface area contributed by atoms with Crippen LogP contribution in [0.2, 0.25) is 5.02 Å². The van der Waals surface area contributed by atoms with Gasteiger partial charge in [-0.25, -0.2) is 4.79 Å². The van der Waals surface area contributed by atoms with E-state index in [2.05, 4.69) is 27.8 Å². The summed E-state index contributed by atoms with van der Waals surface area (Å²) in [6.45, 7) is 1.67. The third kappa shape index (κ3) is 6.03. The van der Waals surface area contributed by atoms with Gasteiger partial charge in [-0.15, -0.1) is 0 Å². The van der Waals surface area contributed by atoms with Gasteiger partial charge in [-0.05, 0) is 48.5 Å². The average molecular weight is 342 g/mol. The Morgan fingerprint density at radius 3 is 2.17 bits per heavy atom. The predicted octanol–water partition coefficient (Wildman–Crippen LogP) is 3.47. The number of anilines is 2. The van der Waals surface area contributed by atoms with Gasteiger partial charge in [-0.3, -0.25) is 4.79 Å². The maximum atomic E-state index is 11.7. The Morgan fingerprint density at radius 1 is 0.958 bits per heavy atom. The van der Waals surface area contributed by atoms with Gasteiger partial charge in [0, 0.05) is 28.9 Å². The molecular formula is C18H16ClN3O2. The van der Waals surface area contributed by atoms with Crippen LogP contribution in [0.15, 0.2) is 48.5 Å². The molecule has 0 unspecified atom stereocenters. The molecule has 0 aliphatic heterocycles. The molecule has 3 N–H and O–H groups in total. The van der Waals surface area contributed by atoms with E-state index in [1.807, 2.05) is 0 Å². The SMILES string of the molecule is CC(=O)Nc1ccc(C#CCNC(=O)Nc2ccc(Cl)cc2)cc1. The molecule has 2 rings (SSSR count). The minimum Gasteiger partial charge on any atom is -0.327 e. The lowest BCUT2D eigenvalue weighted by Gasteiger charge is -2.05. The van der Waals surface area contributed by atoms with Crippen molar-refractivity contribution < 1.29 is 9.59 Å². The Kier molecular flexibility index (Phi) is 6.23. The lowest BCUT2D eigenvalue weighted by Crippen LogP contribution is -2.28. The van der Waals surface area contributed by atoms with Gasteiger partial charge in [0.15, 0.2) is 0 Å². The molecule has 0 spiro atoms. The third-order valence-corrected chi connectivity index (χ3v) is 3.13. The quantitative estimate of drug-likeness (QED) is 0.748. The first-order chi connectivity index (χ1) is 11.5. The van der Waals surface area contributed by atoms with Gasteiger partial charge in [-0.2, -0.15) is 0 Å². The molecule has 3 amide bonds. The van der Waals surface area contributed by atoms with Gasteiger partial charge in [0.05, 0.1) is 6.54 Å². The summed E-state index contributed by atoms with van der Waals surface area (Å²) in [4.78, 5) is 22.6. The van der Waals surface area contributed by atoms with Crippen LogP contribution in [0.1, 0.15) is 12.5 Å². The molecule has 0 aromatic heterocycles. The van der Waals surface area contributed by atoms with Crippen molar-refractivity contribution in [3.63, 3.8) is 0 Å². The molecule has 122 valence electrons. The van der Waals surface area contributed by atoms with Crippen LogP contribution in [0, 0.1) is 11.8 Å². The summed E-state index contributed by atoms with van der Waals surface area (Å²) in [5.41, 5.74) is 2.16. The second-order valence-electron chi connectivity index (χ2n) is 4.87. The number of amides is 3. The van der Waals surface area contributed by atoms with Crippen molar-refractivity contribution in [1.82, 2.24) is 5.32 Å². The molecule has 0 heterocycles. The zero-order chi connectivity index (χ0) is 17.4. The average Bonchev–Trinajstić information content (AvgIpc) is 2.55. The van der Waals surface area contributed by atoms with E-state index in [0.717, 1.165) is 5.56 Å². The third-order valence-electron chi connectivity index (χ3n) is 2.88. The molecule has 0 radical (unpaired) electrons. The fraction of sp³-hybridized carbons (Fsp3) is 0.111. The number of halogens is 1. The first-order valence-corrected chi connectivity index (χ1v) is 7.58. The van der Waals surface area contributed by atoms with E-state index in [4.69, 9.17) is 11.6 Å². The summed E-state index contributed by atoms with van der Waals surface area (Å²) >= 11 is 5.78. The van der Waals surface area contributed by atoms with E-state index in [1.165, 1.54) is 6.92 Å². The summed E-state index contributed by atoms with van der Waals surface area (Å²) in [5, 5.41) is 8.60. The van der Waals surface area contributed by atoms with E-state index in [-0.39, 0.29) is 18.5 Å². The molecule has 2 aromatic rings. The van der Waals surface area contributed by atoms with Crippen LogP contribution in [0.25, 0.3) is 0 Å². The summed E-state index contributed by atoms with van der Waals surface area (Å²) in [6.07, 6.45) is 0. The molecule has 0 bridgehead atoms. The normalized spacial score (nSPS) is 9.42. The maximum Gasteiger partial charge on any atom is 0.319 e. The molecule has 0 saturated carbocycles. The Bertz CT molecular complexity index is 775.